The van der Waals surface area contributed by atoms with E-state index in [-0.39, 0.29) is 5.75 Å². The van der Waals surface area contributed by atoms with E-state index < -0.39 is 0 Å². The third-order valence-corrected chi connectivity index (χ3v) is 2.93. The monoisotopic (exact) mass is 214 g/mol. The minimum atomic E-state index is 0.167. The molecular weight excluding hydrogens is 208 g/mol. The van der Waals surface area contributed by atoms with E-state index in [9.17, 15) is 5.11 Å². The Kier molecular flexibility index (Phi) is 2.06. The van der Waals surface area contributed by atoms with E-state index >= 15 is 0 Å². The number of rotatable bonds is 1. The zero-order valence-corrected chi connectivity index (χ0v) is 8.45. The van der Waals surface area contributed by atoms with Crippen molar-refractivity contribution >= 4 is 33.0 Å². The highest BCUT2D eigenvalue weighted by Crippen LogP contribution is 2.39. The zero-order valence-electron chi connectivity index (χ0n) is 6.87. The predicted molar refractivity (Wildman–Crippen MR) is 55.1 cm³/mol. The molecule has 0 bridgehead atoms. The molecule has 68 valence electrons. The number of hydrogen-bond donors (Lipinski definition) is 1. The van der Waals surface area contributed by atoms with E-state index in [0.29, 0.717) is 10.8 Å². The van der Waals surface area contributed by atoms with Gasteiger partial charge in [-0.1, -0.05) is 11.6 Å². The molecule has 1 heterocycles. The number of phenolic OH excluding ortho intramolecular Hbond substituents is 1. The Morgan fingerprint density at radius 3 is 2.92 bits per heavy atom. The number of phenols is 1. The Bertz CT molecular complexity index is 450. The fraction of sp³-hybridized carbons (Fsp3) is 0.111. The van der Waals surface area contributed by atoms with Crippen LogP contribution < -0.4 is 4.74 Å². The maximum Gasteiger partial charge on any atom is 0.141 e. The molecule has 0 unspecified atom stereocenters. The second-order valence-corrected chi connectivity index (χ2v) is 3.95. The normalized spacial score (nSPS) is 10.6. The molecule has 2 rings (SSSR count). The van der Waals surface area contributed by atoms with Gasteiger partial charge < -0.3 is 9.84 Å². The molecule has 2 aromatic rings. The molecular formula is C9H7ClO2S. The van der Waals surface area contributed by atoms with Crippen LogP contribution in [0.25, 0.3) is 10.1 Å². The molecule has 1 aromatic heterocycles. The van der Waals surface area contributed by atoms with E-state index in [4.69, 9.17) is 16.3 Å². The van der Waals surface area contributed by atoms with Crippen LogP contribution in [0, 0.1) is 0 Å². The zero-order chi connectivity index (χ0) is 9.42. The second-order valence-electron chi connectivity index (χ2n) is 2.60. The lowest BCUT2D eigenvalue weighted by Gasteiger charge is -1.99. The van der Waals surface area contributed by atoms with Crippen molar-refractivity contribution in [2.75, 3.05) is 7.11 Å². The van der Waals surface area contributed by atoms with Crippen LogP contribution in [0.15, 0.2) is 17.5 Å². The van der Waals surface area contributed by atoms with Crippen LogP contribution in [0.1, 0.15) is 0 Å². The Hall–Kier alpha value is -0.930. The van der Waals surface area contributed by atoms with Crippen molar-refractivity contribution in [3.63, 3.8) is 0 Å². The lowest BCUT2D eigenvalue weighted by Crippen LogP contribution is -1.79. The maximum absolute atomic E-state index is 9.60. The summed E-state index contributed by atoms with van der Waals surface area (Å²) in [4.78, 5) is 0. The number of ether oxygens (including phenoxy) is 1. The van der Waals surface area contributed by atoms with Gasteiger partial charge in [-0.05, 0) is 12.1 Å². The van der Waals surface area contributed by atoms with E-state index in [1.165, 1.54) is 17.4 Å². The number of aromatic hydroxyl groups is 1. The average molecular weight is 215 g/mol. The van der Waals surface area contributed by atoms with Gasteiger partial charge in [0.15, 0.2) is 0 Å². The molecule has 0 aliphatic heterocycles. The number of fused-ring (bicyclic) bond motifs is 1. The summed E-state index contributed by atoms with van der Waals surface area (Å²) in [5.41, 5.74) is 0. The Morgan fingerprint density at radius 2 is 2.23 bits per heavy atom. The lowest BCUT2D eigenvalue weighted by molar-refractivity contribution is 0.417. The van der Waals surface area contributed by atoms with Crippen LogP contribution >= 0.6 is 22.9 Å². The van der Waals surface area contributed by atoms with Gasteiger partial charge in [0.1, 0.15) is 11.5 Å². The third kappa shape index (κ3) is 1.34. The molecule has 13 heavy (non-hydrogen) atoms. The highest BCUT2D eigenvalue weighted by Gasteiger charge is 2.09. The molecule has 0 aliphatic rings. The van der Waals surface area contributed by atoms with Gasteiger partial charge in [0, 0.05) is 15.1 Å². The standard InChI is InChI=1S/C9H7ClO2S/c1-12-7-4-13-8-3-5(10)2-6(11)9(7)8/h2-4,11H,1H3. The summed E-state index contributed by atoms with van der Waals surface area (Å²) < 4.78 is 6.03. The van der Waals surface area contributed by atoms with Crippen LogP contribution in [0.2, 0.25) is 5.02 Å². The van der Waals surface area contributed by atoms with Crippen LogP contribution in [-0.4, -0.2) is 12.2 Å². The molecule has 0 saturated carbocycles. The van der Waals surface area contributed by atoms with Crippen molar-refractivity contribution in [3.8, 4) is 11.5 Å². The summed E-state index contributed by atoms with van der Waals surface area (Å²) in [7, 11) is 1.58. The minimum Gasteiger partial charge on any atom is -0.507 e. The van der Waals surface area contributed by atoms with Crippen molar-refractivity contribution in [1.82, 2.24) is 0 Å². The smallest absolute Gasteiger partial charge is 0.141 e. The molecule has 1 aromatic carbocycles. The number of hydrogen-bond acceptors (Lipinski definition) is 3. The Balaban J connectivity index is 2.82. The summed E-state index contributed by atoms with van der Waals surface area (Å²) >= 11 is 7.28. The summed E-state index contributed by atoms with van der Waals surface area (Å²) in [5.74, 6) is 0.856. The predicted octanol–water partition coefficient (Wildman–Crippen LogP) is 3.27. The largest absolute Gasteiger partial charge is 0.507 e. The molecule has 0 spiro atoms. The van der Waals surface area contributed by atoms with Crippen LogP contribution in [0.4, 0.5) is 0 Å². The van der Waals surface area contributed by atoms with E-state index in [1.807, 2.05) is 11.4 Å². The van der Waals surface area contributed by atoms with Gasteiger partial charge in [-0.3, -0.25) is 0 Å². The number of halogens is 1. The first-order valence-electron chi connectivity index (χ1n) is 3.66. The molecule has 0 aliphatic carbocycles. The molecule has 2 nitrogen and oxygen atoms in total. The summed E-state index contributed by atoms with van der Waals surface area (Å²) in [6, 6.07) is 3.32. The molecule has 0 radical (unpaired) electrons. The second kappa shape index (κ2) is 3.09. The van der Waals surface area contributed by atoms with E-state index in [1.54, 1.807) is 7.11 Å². The lowest BCUT2D eigenvalue weighted by atomic mass is 10.2. The highest BCUT2D eigenvalue weighted by atomic mass is 35.5. The summed E-state index contributed by atoms with van der Waals surface area (Å²) in [6.07, 6.45) is 0. The average Bonchev–Trinajstić information content (AvgIpc) is 2.47. The van der Waals surface area contributed by atoms with Crippen LogP contribution in [0.5, 0.6) is 11.5 Å². The van der Waals surface area contributed by atoms with E-state index in [2.05, 4.69) is 0 Å². The SMILES string of the molecule is COc1csc2cc(Cl)cc(O)c12. The summed E-state index contributed by atoms with van der Waals surface area (Å²) in [5, 5.41) is 12.7. The van der Waals surface area contributed by atoms with Crippen molar-refractivity contribution in [2.45, 2.75) is 0 Å². The van der Waals surface area contributed by atoms with Gasteiger partial charge in [0.05, 0.1) is 12.5 Å². The van der Waals surface area contributed by atoms with Crippen molar-refractivity contribution in [1.29, 1.82) is 0 Å². The van der Waals surface area contributed by atoms with Gasteiger partial charge in [-0.15, -0.1) is 11.3 Å². The number of benzene rings is 1. The number of thiophene rings is 1. The maximum atomic E-state index is 9.60. The molecule has 0 atom stereocenters. The van der Waals surface area contributed by atoms with Gasteiger partial charge in [0.25, 0.3) is 0 Å². The quantitative estimate of drug-likeness (QED) is 0.790. The first kappa shape index (κ1) is 8.66. The number of methoxy groups -OCH3 is 1. The fourth-order valence-electron chi connectivity index (χ4n) is 1.23. The molecule has 4 heteroatoms. The first-order valence-corrected chi connectivity index (χ1v) is 4.92. The Labute approximate surface area is 84.3 Å². The van der Waals surface area contributed by atoms with Gasteiger partial charge >= 0.3 is 0 Å². The van der Waals surface area contributed by atoms with Crippen LogP contribution in [0.3, 0.4) is 0 Å². The molecule has 1 N–H and O–H groups in total. The highest BCUT2D eigenvalue weighted by molar-refractivity contribution is 7.17. The van der Waals surface area contributed by atoms with Gasteiger partial charge in [-0.25, -0.2) is 0 Å². The van der Waals surface area contributed by atoms with Crippen molar-refractivity contribution in [3.05, 3.63) is 22.5 Å². The molecule has 0 amide bonds. The fourth-order valence-corrected chi connectivity index (χ4v) is 2.48. The van der Waals surface area contributed by atoms with Crippen molar-refractivity contribution in [2.24, 2.45) is 0 Å². The van der Waals surface area contributed by atoms with E-state index in [0.717, 1.165) is 10.1 Å². The van der Waals surface area contributed by atoms with Gasteiger partial charge in [0.2, 0.25) is 0 Å². The van der Waals surface area contributed by atoms with Crippen LogP contribution in [-0.2, 0) is 0 Å². The third-order valence-electron chi connectivity index (χ3n) is 1.81. The van der Waals surface area contributed by atoms with Crippen molar-refractivity contribution < 1.29 is 9.84 Å². The first-order chi connectivity index (χ1) is 6.22. The summed E-state index contributed by atoms with van der Waals surface area (Å²) in [6.45, 7) is 0. The Morgan fingerprint density at radius 1 is 1.46 bits per heavy atom. The molecule has 0 saturated heterocycles. The molecule has 0 fully saturated rings. The topological polar surface area (TPSA) is 29.5 Å². The van der Waals surface area contributed by atoms with Gasteiger partial charge in [-0.2, -0.15) is 0 Å². The minimum absolute atomic E-state index is 0.167.